The zero-order chi connectivity index (χ0) is 21.0. The Labute approximate surface area is 170 Å². The van der Waals surface area contributed by atoms with E-state index in [2.05, 4.69) is 20.5 Å². The van der Waals surface area contributed by atoms with E-state index in [1.54, 1.807) is 23.1 Å². The molecule has 0 aliphatic carbocycles. The molecule has 0 unspecified atom stereocenters. The molecule has 11 heteroatoms. The summed E-state index contributed by atoms with van der Waals surface area (Å²) in [6.07, 6.45) is 0.0336. The van der Waals surface area contributed by atoms with E-state index in [1.807, 2.05) is 19.9 Å². The molecule has 152 valence electrons. The summed E-state index contributed by atoms with van der Waals surface area (Å²) in [6.45, 7) is 5.48. The van der Waals surface area contributed by atoms with Gasteiger partial charge in [0.25, 0.3) is 5.56 Å². The van der Waals surface area contributed by atoms with Crippen LogP contribution in [0, 0.1) is 13.8 Å². The molecule has 29 heavy (non-hydrogen) atoms. The summed E-state index contributed by atoms with van der Waals surface area (Å²) in [5, 5.41) is 13.2. The average Bonchev–Trinajstić information content (AvgIpc) is 3.22. The van der Waals surface area contributed by atoms with Crippen molar-refractivity contribution in [2.75, 3.05) is 11.9 Å². The first kappa shape index (κ1) is 20.4. The number of rotatable bonds is 7. The Kier molecular flexibility index (Phi) is 6.17. The molecule has 0 atom stereocenters. The van der Waals surface area contributed by atoms with Crippen molar-refractivity contribution in [3.05, 3.63) is 51.0 Å². The second kappa shape index (κ2) is 8.78. The fourth-order valence-electron chi connectivity index (χ4n) is 2.63. The van der Waals surface area contributed by atoms with E-state index in [4.69, 9.17) is 4.74 Å². The molecule has 0 bridgehead atoms. The maximum absolute atomic E-state index is 12.3. The Balaban J connectivity index is 1.69. The molecular weight excluding hydrogens is 396 g/mol. The predicted molar refractivity (Wildman–Crippen MR) is 106 cm³/mol. The number of nitrogens with one attached hydrogen (secondary N) is 1. The molecule has 0 aromatic carbocycles. The zero-order valence-electron chi connectivity index (χ0n) is 16.2. The number of hydrogen-bond acceptors (Lipinski definition) is 8. The number of carbonyl (C=O) groups excluding carboxylic acids is 2. The predicted octanol–water partition coefficient (Wildman–Crippen LogP) is 1.25. The van der Waals surface area contributed by atoms with E-state index < -0.39 is 11.5 Å². The monoisotopic (exact) mass is 416 g/mol. The van der Waals surface area contributed by atoms with Gasteiger partial charge in [-0.1, -0.05) is 0 Å². The zero-order valence-corrected chi connectivity index (χ0v) is 17.0. The molecule has 0 spiro atoms. The van der Waals surface area contributed by atoms with Crippen molar-refractivity contribution in [2.24, 2.45) is 0 Å². The molecule has 0 aliphatic rings. The van der Waals surface area contributed by atoms with Gasteiger partial charge in [0.1, 0.15) is 6.54 Å². The van der Waals surface area contributed by atoms with Crippen LogP contribution < -0.4 is 10.9 Å². The molecule has 0 saturated carbocycles. The van der Waals surface area contributed by atoms with Crippen molar-refractivity contribution in [3.8, 4) is 5.82 Å². The van der Waals surface area contributed by atoms with E-state index >= 15 is 0 Å². The first-order chi connectivity index (χ1) is 13.9. The van der Waals surface area contributed by atoms with Crippen molar-refractivity contribution in [3.63, 3.8) is 0 Å². The third-order valence-electron chi connectivity index (χ3n) is 3.80. The number of aryl methyl sites for hydroxylation is 2. The number of aromatic nitrogens is 5. The van der Waals surface area contributed by atoms with E-state index in [1.165, 1.54) is 17.4 Å². The van der Waals surface area contributed by atoms with Crippen LogP contribution >= 0.6 is 11.3 Å². The number of anilines is 1. The number of carbonyl (C=O) groups is 2. The van der Waals surface area contributed by atoms with E-state index in [0.717, 1.165) is 16.1 Å². The number of nitrogens with zero attached hydrogens (tertiary/aromatic N) is 5. The fraction of sp³-hybridized carbons (Fsp3) is 0.333. The maximum atomic E-state index is 12.3. The summed E-state index contributed by atoms with van der Waals surface area (Å²) in [5.41, 5.74) is 1.78. The third-order valence-corrected chi connectivity index (χ3v) is 4.61. The quantitative estimate of drug-likeness (QED) is 0.575. The Hall–Kier alpha value is -3.34. The lowest BCUT2D eigenvalue weighted by atomic mass is 10.3. The standard InChI is InChI=1S/C18H20N6O4S/c1-4-28-17(27)8-13-10-29-18(19-13)20-15(25)9-23-16(26)6-5-14(22-23)24-12(3)7-11(2)21-24/h5-7,10H,4,8-9H2,1-3H3,(H,19,20,25). The second-order valence-electron chi connectivity index (χ2n) is 6.20. The van der Waals surface area contributed by atoms with Crippen LogP contribution in [0.1, 0.15) is 24.0 Å². The van der Waals surface area contributed by atoms with Crippen molar-refractivity contribution in [2.45, 2.75) is 33.7 Å². The smallest absolute Gasteiger partial charge is 0.311 e. The highest BCUT2D eigenvalue weighted by atomic mass is 32.1. The van der Waals surface area contributed by atoms with Gasteiger partial charge in [-0.25, -0.2) is 14.3 Å². The average molecular weight is 416 g/mol. The van der Waals surface area contributed by atoms with Gasteiger partial charge in [0.2, 0.25) is 5.91 Å². The van der Waals surface area contributed by atoms with Crippen LogP contribution in [0.5, 0.6) is 0 Å². The minimum absolute atomic E-state index is 0.0336. The van der Waals surface area contributed by atoms with Crippen LogP contribution in [0.15, 0.2) is 28.4 Å². The molecule has 3 aromatic rings. The fourth-order valence-corrected chi connectivity index (χ4v) is 3.35. The van der Waals surface area contributed by atoms with Crippen LogP contribution in [0.25, 0.3) is 5.82 Å². The molecule has 0 fully saturated rings. The topological polar surface area (TPSA) is 121 Å². The van der Waals surface area contributed by atoms with Crippen molar-refractivity contribution >= 4 is 28.3 Å². The van der Waals surface area contributed by atoms with Gasteiger partial charge in [0, 0.05) is 17.1 Å². The molecule has 10 nitrogen and oxygen atoms in total. The Morgan fingerprint density at radius 1 is 1.24 bits per heavy atom. The third kappa shape index (κ3) is 5.13. The van der Waals surface area contributed by atoms with Crippen molar-refractivity contribution in [1.82, 2.24) is 24.5 Å². The van der Waals surface area contributed by atoms with Gasteiger partial charge < -0.3 is 10.1 Å². The van der Waals surface area contributed by atoms with E-state index in [0.29, 0.717) is 23.3 Å². The van der Waals surface area contributed by atoms with Crippen LogP contribution in [0.2, 0.25) is 0 Å². The normalized spacial score (nSPS) is 10.7. The summed E-state index contributed by atoms with van der Waals surface area (Å²) >= 11 is 1.18. The van der Waals surface area contributed by atoms with Gasteiger partial charge in [-0.3, -0.25) is 14.4 Å². The van der Waals surface area contributed by atoms with Crippen LogP contribution in [-0.4, -0.2) is 43.0 Å². The number of amides is 1. The van der Waals surface area contributed by atoms with Gasteiger partial charge in [0.15, 0.2) is 10.9 Å². The maximum Gasteiger partial charge on any atom is 0.311 e. The van der Waals surface area contributed by atoms with Gasteiger partial charge in [-0.05, 0) is 32.9 Å². The number of thiazole rings is 1. The first-order valence-corrected chi connectivity index (χ1v) is 9.75. The molecule has 3 aromatic heterocycles. The minimum atomic E-state index is -0.456. The summed E-state index contributed by atoms with van der Waals surface area (Å²) in [5.74, 6) is -0.400. The van der Waals surface area contributed by atoms with E-state index in [9.17, 15) is 14.4 Å². The Morgan fingerprint density at radius 2 is 2.03 bits per heavy atom. The van der Waals surface area contributed by atoms with Gasteiger partial charge in [-0.15, -0.1) is 16.4 Å². The van der Waals surface area contributed by atoms with Crippen molar-refractivity contribution < 1.29 is 14.3 Å². The number of hydrogen-bond donors (Lipinski definition) is 1. The lowest BCUT2D eigenvalue weighted by molar-refractivity contribution is -0.142. The summed E-state index contributed by atoms with van der Waals surface area (Å²) < 4.78 is 7.54. The first-order valence-electron chi connectivity index (χ1n) is 8.87. The van der Waals surface area contributed by atoms with Gasteiger partial charge >= 0.3 is 5.97 Å². The minimum Gasteiger partial charge on any atom is -0.466 e. The summed E-state index contributed by atoms with van der Waals surface area (Å²) in [4.78, 5) is 40.1. The Bertz CT molecular complexity index is 1100. The molecule has 0 aliphatic heterocycles. The lowest BCUT2D eigenvalue weighted by Crippen LogP contribution is -2.30. The second-order valence-corrected chi connectivity index (χ2v) is 7.06. The molecular formula is C18H20N6O4S. The lowest BCUT2D eigenvalue weighted by Gasteiger charge is -2.08. The van der Waals surface area contributed by atoms with Crippen LogP contribution in [0.4, 0.5) is 5.13 Å². The molecule has 0 saturated heterocycles. The summed E-state index contributed by atoms with van der Waals surface area (Å²) in [7, 11) is 0. The number of esters is 1. The molecule has 0 radical (unpaired) electrons. The van der Waals surface area contributed by atoms with Crippen LogP contribution in [0.3, 0.4) is 0 Å². The molecule has 1 amide bonds. The highest BCUT2D eigenvalue weighted by molar-refractivity contribution is 7.13. The largest absolute Gasteiger partial charge is 0.466 e. The van der Waals surface area contributed by atoms with E-state index in [-0.39, 0.29) is 18.9 Å². The number of ether oxygens (including phenoxy) is 1. The molecule has 1 N–H and O–H groups in total. The molecule has 3 heterocycles. The highest BCUT2D eigenvalue weighted by Gasteiger charge is 2.13. The van der Waals surface area contributed by atoms with Crippen molar-refractivity contribution in [1.29, 1.82) is 0 Å². The highest BCUT2D eigenvalue weighted by Crippen LogP contribution is 2.16. The van der Waals surface area contributed by atoms with Gasteiger partial charge in [-0.2, -0.15) is 5.10 Å². The Morgan fingerprint density at radius 3 is 2.72 bits per heavy atom. The van der Waals surface area contributed by atoms with Gasteiger partial charge in [0.05, 0.1) is 24.4 Å². The SMILES string of the molecule is CCOC(=O)Cc1csc(NC(=O)Cn2nc(-n3nc(C)cc3C)ccc2=O)n1. The molecule has 3 rings (SSSR count). The summed E-state index contributed by atoms with van der Waals surface area (Å²) in [6, 6.07) is 4.78. The van der Waals surface area contributed by atoms with Crippen LogP contribution in [-0.2, 0) is 27.3 Å².